The van der Waals surface area contributed by atoms with Gasteiger partial charge in [-0.1, -0.05) is 43.0 Å². The van der Waals surface area contributed by atoms with E-state index in [0.29, 0.717) is 24.8 Å². The largest absolute Gasteiger partial charge is 0.461 e. The van der Waals surface area contributed by atoms with E-state index < -0.39 is 5.97 Å². The number of carbonyl (C=O) groups is 1. The van der Waals surface area contributed by atoms with E-state index >= 15 is 0 Å². The number of benzene rings is 1. The van der Waals surface area contributed by atoms with E-state index in [4.69, 9.17) is 14.3 Å². The topological polar surface area (TPSA) is 95.2 Å². The van der Waals surface area contributed by atoms with Gasteiger partial charge in [-0.05, 0) is 63.0 Å². The Labute approximate surface area is 229 Å². The monoisotopic (exact) mass is 536 g/mol. The molecule has 2 aliphatic heterocycles. The molecule has 2 saturated carbocycles. The zero-order chi connectivity index (χ0) is 26.9. The Morgan fingerprint density at radius 2 is 1.69 bits per heavy atom. The molecule has 210 valence electrons. The first-order valence-electron chi connectivity index (χ1n) is 14.7. The number of piperidine rings is 1. The third-order valence-electron chi connectivity index (χ3n) is 9.36. The van der Waals surface area contributed by atoms with Gasteiger partial charge in [0.15, 0.2) is 5.69 Å². The van der Waals surface area contributed by atoms with Gasteiger partial charge in [-0.25, -0.2) is 9.78 Å². The first-order chi connectivity index (χ1) is 19.1. The van der Waals surface area contributed by atoms with Gasteiger partial charge < -0.3 is 18.9 Å². The van der Waals surface area contributed by atoms with E-state index in [1.54, 1.807) is 6.92 Å². The Morgan fingerprint density at radius 3 is 2.36 bits per heavy atom. The fourth-order valence-corrected chi connectivity index (χ4v) is 7.97. The van der Waals surface area contributed by atoms with Crippen LogP contribution >= 0.6 is 0 Å². The van der Waals surface area contributed by atoms with Crippen LogP contribution in [0.25, 0.3) is 11.0 Å². The molecule has 4 aliphatic rings. The van der Waals surface area contributed by atoms with Crippen LogP contribution < -0.4 is 5.56 Å². The number of oxime groups is 1. The highest BCUT2D eigenvalue weighted by molar-refractivity contribution is 6.42. The smallest absolute Gasteiger partial charge is 0.362 e. The summed E-state index contributed by atoms with van der Waals surface area (Å²) < 4.78 is 13.1. The number of morpholine rings is 1. The maximum Gasteiger partial charge on any atom is 0.362 e. The van der Waals surface area contributed by atoms with Gasteiger partial charge in [0.05, 0.1) is 30.9 Å². The standard InChI is InChI=1S/C30H40N4O5/c1-3-39-30(36)28(32-37-2)27-29(35)34(26-11-7-6-10-25(26)31-27)22-15-23-17-38-18-24(16-22)33(23)21-13-19-8-4-5-9-20(12-19)14-21/h6-7,10-11,19-24H,3-5,8-9,12-18H2,1-2H3/t19?,20?,21?,22?,23-,24+. The minimum atomic E-state index is -0.718. The molecule has 39 heavy (non-hydrogen) atoms. The minimum absolute atomic E-state index is 0.0313. The molecule has 9 heteroatoms. The summed E-state index contributed by atoms with van der Waals surface area (Å²) in [6, 6.07) is 8.74. The molecule has 0 amide bonds. The van der Waals surface area contributed by atoms with Gasteiger partial charge in [0, 0.05) is 24.2 Å². The molecule has 2 aromatic rings. The van der Waals surface area contributed by atoms with Gasteiger partial charge in [-0.2, -0.15) is 0 Å². The van der Waals surface area contributed by atoms with Gasteiger partial charge in [-0.3, -0.25) is 9.69 Å². The molecule has 0 N–H and O–H groups in total. The van der Waals surface area contributed by atoms with Crippen molar-refractivity contribution in [2.24, 2.45) is 17.0 Å². The van der Waals surface area contributed by atoms with Crippen LogP contribution in [0.4, 0.5) is 0 Å². The molecule has 1 aromatic carbocycles. The second kappa shape index (κ2) is 11.4. The summed E-state index contributed by atoms with van der Waals surface area (Å²) in [6.07, 6.45) is 11.2. The van der Waals surface area contributed by atoms with Crippen molar-refractivity contribution < 1.29 is 19.1 Å². The molecule has 4 bridgehead atoms. The molecule has 0 spiro atoms. The summed E-state index contributed by atoms with van der Waals surface area (Å²) in [5.74, 6) is 0.988. The van der Waals surface area contributed by atoms with Crippen LogP contribution in [0.1, 0.15) is 76.4 Å². The number of aromatic nitrogens is 2. The molecule has 3 unspecified atom stereocenters. The Morgan fingerprint density at radius 1 is 1.00 bits per heavy atom. The van der Waals surface area contributed by atoms with Crippen molar-refractivity contribution in [1.82, 2.24) is 14.5 Å². The van der Waals surface area contributed by atoms with Crippen molar-refractivity contribution in [3.8, 4) is 0 Å². The van der Waals surface area contributed by atoms with E-state index in [-0.39, 0.29) is 41.7 Å². The molecule has 6 rings (SSSR count). The molecule has 3 heterocycles. The van der Waals surface area contributed by atoms with Crippen molar-refractivity contribution >= 4 is 22.7 Å². The number of ether oxygens (including phenoxy) is 2. The quantitative estimate of drug-likeness (QED) is 0.312. The number of hydrogen-bond acceptors (Lipinski definition) is 8. The first kappa shape index (κ1) is 26.4. The van der Waals surface area contributed by atoms with Crippen molar-refractivity contribution in [1.29, 1.82) is 0 Å². The molecular formula is C30H40N4O5. The molecule has 1 aromatic heterocycles. The van der Waals surface area contributed by atoms with E-state index in [1.165, 1.54) is 52.1 Å². The fraction of sp³-hybridized carbons (Fsp3) is 0.667. The molecule has 2 saturated heterocycles. The highest BCUT2D eigenvalue weighted by Crippen LogP contribution is 2.44. The normalized spacial score (nSPS) is 31.5. The van der Waals surface area contributed by atoms with E-state index in [2.05, 4.69) is 15.0 Å². The predicted molar refractivity (Wildman–Crippen MR) is 148 cm³/mol. The van der Waals surface area contributed by atoms with Gasteiger partial charge in [0.1, 0.15) is 7.11 Å². The van der Waals surface area contributed by atoms with Crippen LogP contribution in [0, 0.1) is 11.8 Å². The van der Waals surface area contributed by atoms with Crippen LogP contribution in [0.3, 0.4) is 0 Å². The first-order valence-corrected chi connectivity index (χ1v) is 14.7. The Bertz CT molecular complexity index is 1260. The highest BCUT2D eigenvalue weighted by Gasteiger charge is 2.46. The van der Waals surface area contributed by atoms with Crippen LogP contribution in [-0.2, 0) is 19.1 Å². The van der Waals surface area contributed by atoms with Gasteiger partial charge >= 0.3 is 5.97 Å². The lowest BCUT2D eigenvalue weighted by molar-refractivity contribution is -0.135. The minimum Gasteiger partial charge on any atom is -0.461 e. The van der Waals surface area contributed by atoms with Crippen LogP contribution in [0.5, 0.6) is 0 Å². The summed E-state index contributed by atoms with van der Waals surface area (Å²) >= 11 is 0. The number of para-hydroxylation sites is 2. The molecule has 4 fully saturated rings. The lowest BCUT2D eigenvalue weighted by atomic mass is 9.75. The zero-order valence-corrected chi connectivity index (χ0v) is 23.1. The Balaban J connectivity index is 1.36. The van der Waals surface area contributed by atoms with Crippen molar-refractivity contribution in [2.75, 3.05) is 26.9 Å². The summed E-state index contributed by atoms with van der Waals surface area (Å²) in [4.78, 5) is 39.1. The number of carbonyl (C=O) groups excluding carboxylic acids is 1. The average Bonchev–Trinajstić information content (AvgIpc) is 3.10. The van der Waals surface area contributed by atoms with Crippen LogP contribution in [0.2, 0.25) is 0 Å². The maximum atomic E-state index is 14.1. The number of rotatable bonds is 6. The predicted octanol–water partition coefficient (Wildman–Crippen LogP) is 4.07. The maximum absolute atomic E-state index is 14.1. The summed E-state index contributed by atoms with van der Waals surface area (Å²) in [5.41, 5.74) is 0.843. The average molecular weight is 537 g/mol. The van der Waals surface area contributed by atoms with Crippen molar-refractivity contribution in [2.45, 2.75) is 88.9 Å². The molecule has 5 atom stereocenters. The summed E-state index contributed by atoms with van der Waals surface area (Å²) in [7, 11) is 1.34. The third kappa shape index (κ3) is 5.11. The summed E-state index contributed by atoms with van der Waals surface area (Å²) in [5, 5.41) is 3.87. The van der Waals surface area contributed by atoms with Crippen LogP contribution in [-0.4, -0.2) is 71.2 Å². The fourth-order valence-electron chi connectivity index (χ4n) is 7.97. The number of hydrogen-bond donors (Lipinski definition) is 0. The van der Waals surface area contributed by atoms with E-state index in [1.807, 2.05) is 28.8 Å². The number of esters is 1. The van der Waals surface area contributed by atoms with E-state index in [9.17, 15) is 9.59 Å². The van der Waals surface area contributed by atoms with Gasteiger partial charge in [0.2, 0.25) is 5.71 Å². The third-order valence-corrected chi connectivity index (χ3v) is 9.36. The van der Waals surface area contributed by atoms with Crippen molar-refractivity contribution in [3.63, 3.8) is 0 Å². The SMILES string of the molecule is CCOC(=O)C(=NOC)c1nc2ccccc2n(C2C[C@H]3COC[C@@H](C2)N3C2CC3CCCCC(C3)C2)c1=O. The Kier molecular flexibility index (Phi) is 7.71. The second-order valence-corrected chi connectivity index (χ2v) is 11.8. The van der Waals surface area contributed by atoms with Crippen molar-refractivity contribution in [3.05, 3.63) is 40.3 Å². The zero-order valence-electron chi connectivity index (χ0n) is 23.1. The number of nitrogens with zero attached hydrogens (tertiary/aromatic N) is 4. The molecule has 9 nitrogen and oxygen atoms in total. The lowest BCUT2D eigenvalue weighted by Gasteiger charge is -2.54. The molecular weight excluding hydrogens is 496 g/mol. The highest BCUT2D eigenvalue weighted by atomic mass is 16.6. The lowest BCUT2D eigenvalue weighted by Crippen LogP contribution is -2.62. The summed E-state index contributed by atoms with van der Waals surface area (Å²) in [6.45, 7) is 3.27. The second-order valence-electron chi connectivity index (χ2n) is 11.8. The van der Waals surface area contributed by atoms with Gasteiger partial charge in [-0.15, -0.1) is 0 Å². The Hall–Kier alpha value is -2.78. The van der Waals surface area contributed by atoms with E-state index in [0.717, 1.165) is 30.2 Å². The molecule has 0 radical (unpaired) electrons. The van der Waals surface area contributed by atoms with Crippen LogP contribution in [0.15, 0.2) is 34.2 Å². The molecule has 2 aliphatic carbocycles. The van der Waals surface area contributed by atoms with Gasteiger partial charge in [0.25, 0.3) is 5.56 Å². The number of fused-ring (bicyclic) bond motifs is 5.